The number of hydrogen-bond acceptors (Lipinski definition) is 4. The molecular weight excluding hydrogens is 254 g/mol. The number of anilines is 1. The number of aromatic nitrogens is 2. The van der Waals surface area contributed by atoms with E-state index >= 15 is 0 Å². The predicted octanol–water partition coefficient (Wildman–Crippen LogP) is 4.37. The summed E-state index contributed by atoms with van der Waals surface area (Å²) in [4.78, 5) is 0. The molecule has 0 spiro atoms. The Morgan fingerprint density at radius 1 is 1.37 bits per heavy atom. The molecule has 0 aliphatic rings. The van der Waals surface area contributed by atoms with Crippen LogP contribution in [0.25, 0.3) is 16.6 Å². The fourth-order valence-corrected chi connectivity index (χ4v) is 2.69. The summed E-state index contributed by atoms with van der Waals surface area (Å²) in [5, 5.41) is 13.6. The van der Waals surface area contributed by atoms with E-state index in [1.807, 2.05) is 6.08 Å². The minimum absolute atomic E-state index is 0.899. The quantitative estimate of drug-likeness (QED) is 0.794. The molecule has 0 aliphatic heterocycles. The Kier molecular flexibility index (Phi) is 4.68. The lowest BCUT2D eigenvalue weighted by molar-refractivity contribution is 0.831. The van der Waals surface area contributed by atoms with Crippen molar-refractivity contribution in [1.29, 1.82) is 0 Å². The second-order valence-electron chi connectivity index (χ2n) is 4.47. The normalized spacial score (nSPS) is 10.4. The molecule has 1 aromatic carbocycles. The van der Waals surface area contributed by atoms with Gasteiger partial charge in [-0.05, 0) is 24.5 Å². The first-order valence-corrected chi connectivity index (χ1v) is 7.37. The lowest BCUT2D eigenvalue weighted by atomic mass is 10.1. The molecule has 2 rings (SSSR count). The largest absolute Gasteiger partial charge is 0.360 e. The number of nitrogens with zero attached hydrogens (tertiary/aromatic N) is 2. The lowest BCUT2D eigenvalue weighted by Crippen LogP contribution is -1.99. The highest BCUT2D eigenvalue weighted by molar-refractivity contribution is 7.18. The minimum Gasteiger partial charge on any atom is -0.360 e. The number of nitrogens with one attached hydrogen (secondary N) is 1. The fourth-order valence-electron chi connectivity index (χ4n) is 1.83. The van der Waals surface area contributed by atoms with Crippen LogP contribution >= 0.6 is 11.3 Å². The van der Waals surface area contributed by atoms with Gasteiger partial charge in [0.05, 0.1) is 0 Å². The Balaban J connectivity index is 2.15. The first-order valence-electron chi connectivity index (χ1n) is 6.55. The molecule has 0 amide bonds. The number of benzene rings is 1. The van der Waals surface area contributed by atoms with E-state index in [0.29, 0.717) is 0 Å². The van der Waals surface area contributed by atoms with Crippen LogP contribution in [-0.2, 0) is 0 Å². The van der Waals surface area contributed by atoms with Gasteiger partial charge in [-0.2, -0.15) is 0 Å². The average molecular weight is 273 g/mol. The van der Waals surface area contributed by atoms with Crippen LogP contribution in [-0.4, -0.2) is 16.7 Å². The third-order valence-corrected chi connectivity index (χ3v) is 3.86. The van der Waals surface area contributed by atoms with Gasteiger partial charge in [0.1, 0.15) is 5.01 Å². The first-order chi connectivity index (χ1) is 9.24. The Morgan fingerprint density at radius 3 is 2.89 bits per heavy atom. The Bertz CT molecular complexity index is 560. The summed E-state index contributed by atoms with van der Waals surface area (Å²) in [5.41, 5.74) is 3.48. The molecule has 0 bridgehead atoms. The summed E-state index contributed by atoms with van der Waals surface area (Å²) in [5.74, 6) is 0. The molecule has 0 saturated carbocycles. The van der Waals surface area contributed by atoms with Gasteiger partial charge in [-0.1, -0.05) is 55.5 Å². The van der Waals surface area contributed by atoms with Crippen molar-refractivity contribution in [2.45, 2.75) is 26.7 Å². The van der Waals surface area contributed by atoms with E-state index < -0.39 is 0 Å². The molecule has 0 radical (unpaired) electrons. The number of aryl methyl sites for hydroxylation is 1. The molecule has 1 N–H and O–H groups in total. The average Bonchev–Trinajstić information content (AvgIpc) is 2.87. The smallest absolute Gasteiger partial charge is 0.206 e. The van der Waals surface area contributed by atoms with E-state index in [9.17, 15) is 0 Å². The first kappa shape index (κ1) is 13.7. The Labute approximate surface area is 118 Å². The summed E-state index contributed by atoms with van der Waals surface area (Å²) in [6, 6.07) is 6.26. The number of hydrogen-bond donors (Lipinski definition) is 1. The fraction of sp³-hybridized carbons (Fsp3) is 0.333. The van der Waals surface area contributed by atoms with Crippen LogP contribution in [0.3, 0.4) is 0 Å². The van der Waals surface area contributed by atoms with Crippen molar-refractivity contribution in [3.05, 3.63) is 35.9 Å². The topological polar surface area (TPSA) is 37.8 Å². The van der Waals surface area contributed by atoms with E-state index in [4.69, 9.17) is 0 Å². The van der Waals surface area contributed by atoms with Crippen LogP contribution < -0.4 is 5.32 Å². The third-order valence-electron chi connectivity index (χ3n) is 2.95. The molecular formula is C15H19N3S. The van der Waals surface area contributed by atoms with Gasteiger partial charge in [0.15, 0.2) is 0 Å². The van der Waals surface area contributed by atoms with Gasteiger partial charge < -0.3 is 5.32 Å². The van der Waals surface area contributed by atoms with E-state index in [-0.39, 0.29) is 0 Å². The summed E-state index contributed by atoms with van der Waals surface area (Å²) in [6.45, 7) is 9.01. The standard InChI is InChI=1S/C15H19N3S/c1-4-6-9-16-15-18-17-14(19-15)13-8-7-12(5-2)10-11(13)3/h5,7-8,10H,2,4,6,9H2,1,3H3,(H,16,18). The number of unbranched alkanes of at least 4 members (excludes halogenated alkanes) is 1. The summed E-state index contributed by atoms with van der Waals surface area (Å²) < 4.78 is 0. The summed E-state index contributed by atoms with van der Waals surface area (Å²) in [7, 11) is 0. The van der Waals surface area contributed by atoms with Crippen LogP contribution in [0.1, 0.15) is 30.9 Å². The number of rotatable bonds is 6. The molecule has 0 aliphatic carbocycles. The monoisotopic (exact) mass is 273 g/mol. The van der Waals surface area contributed by atoms with Crippen molar-refractivity contribution >= 4 is 22.5 Å². The maximum absolute atomic E-state index is 4.26. The van der Waals surface area contributed by atoms with Gasteiger partial charge in [0.25, 0.3) is 0 Å². The SMILES string of the molecule is C=Cc1ccc(-c2nnc(NCCCC)s2)c(C)c1. The van der Waals surface area contributed by atoms with E-state index in [1.165, 1.54) is 12.0 Å². The van der Waals surface area contributed by atoms with Crippen LogP contribution in [0, 0.1) is 6.92 Å². The highest BCUT2D eigenvalue weighted by Gasteiger charge is 2.08. The van der Waals surface area contributed by atoms with E-state index in [1.54, 1.807) is 11.3 Å². The Morgan fingerprint density at radius 2 is 2.21 bits per heavy atom. The van der Waals surface area contributed by atoms with Crippen molar-refractivity contribution in [3.63, 3.8) is 0 Å². The highest BCUT2D eigenvalue weighted by atomic mass is 32.1. The molecule has 0 atom stereocenters. The summed E-state index contributed by atoms with van der Waals surface area (Å²) >= 11 is 1.60. The van der Waals surface area contributed by atoms with Gasteiger partial charge in [0.2, 0.25) is 5.13 Å². The van der Waals surface area contributed by atoms with Crippen molar-refractivity contribution < 1.29 is 0 Å². The second-order valence-corrected chi connectivity index (χ2v) is 5.45. The van der Waals surface area contributed by atoms with Crippen LogP contribution in [0.4, 0.5) is 5.13 Å². The van der Waals surface area contributed by atoms with Gasteiger partial charge in [-0.15, -0.1) is 10.2 Å². The molecule has 0 saturated heterocycles. The molecule has 1 aromatic heterocycles. The molecule has 0 fully saturated rings. The van der Waals surface area contributed by atoms with Crippen LogP contribution in [0.15, 0.2) is 24.8 Å². The zero-order valence-electron chi connectivity index (χ0n) is 11.4. The zero-order chi connectivity index (χ0) is 13.7. The van der Waals surface area contributed by atoms with Crippen LogP contribution in [0.5, 0.6) is 0 Å². The zero-order valence-corrected chi connectivity index (χ0v) is 12.3. The summed E-state index contributed by atoms with van der Waals surface area (Å²) in [6.07, 6.45) is 4.19. The van der Waals surface area contributed by atoms with Gasteiger partial charge in [-0.3, -0.25) is 0 Å². The highest BCUT2D eigenvalue weighted by Crippen LogP contribution is 2.29. The minimum atomic E-state index is 0.899. The molecule has 2 aromatic rings. The van der Waals surface area contributed by atoms with E-state index in [2.05, 4.69) is 54.1 Å². The van der Waals surface area contributed by atoms with E-state index in [0.717, 1.165) is 34.2 Å². The molecule has 0 unspecified atom stereocenters. The molecule has 3 nitrogen and oxygen atoms in total. The van der Waals surface area contributed by atoms with Gasteiger partial charge >= 0.3 is 0 Å². The second kappa shape index (κ2) is 6.48. The molecule has 1 heterocycles. The van der Waals surface area contributed by atoms with Crippen molar-refractivity contribution in [2.24, 2.45) is 0 Å². The maximum atomic E-state index is 4.26. The predicted molar refractivity (Wildman–Crippen MR) is 83.6 cm³/mol. The Hall–Kier alpha value is -1.68. The molecule has 19 heavy (non-hydrogen) atoms. The van der Waals surface area contributed by atoms with Crippen LogP contribution in [0.2, 0.25) is 0 Å². The van der Waals surface area contributed by atoms with Gasteiger partial charge in [-0.25, -0.2) is 0 Å². The lowest BCUT2D eigenvalue weighted by Gasteiger charge is -2.02. The van der Waals surface area contributed by atoms with Gasteiger partial charge in [0, 0.05) is 12.1 Å². The van der Waals surface area contributed by atoms with Crippen molar-refractivity contribution in [2.75, 3.05) is 11.9 Å². The van der Waals surface area contributed by atoms with Crippen molar-refractivity contribution in [3.8, 4) is 10.6 Å². The third kappa shape index (κ3) is 3.41. The molecule has 4 heteroatoms. The maximum Gasteiger partial charge on any atom is 0.206 e. The molecule has 100 valence electrons. The van der Waals surface area contributed by atoms with Crippen molar-refractivity contribution in [1.82, 2.24) is 10.2 Å².